The summed E-state index contributed by atoms with van der Waals surface area (Å²) < 4.78 is 26.5. The Morgan fingerprint density at radius 3 is 1.43 bits per heavy atom. The molecule has 0 aromatic rings. The first-order valence-electron chi connectivity index (χ1n) is 8.73. The zero-order valence-electron chi connectivity index (χ0n) is 13.7. The molecule has 0 heterocycles. The van der Waals surface area contributed by atoms with Gasteiger partial charge in [-0.25, -0.2) is 4.57 Å². The van der Waals surface area contributed by atoms with Crippen LogP contribution in [0.2, 0.25) is 0 Å². The third-order valence-electron chi connectivity index (χ3n) is 3.75. The molecule has 0 saturated carbocycles. The molecule has 1 N–H and O–H groups in total. The first-order chi connectivity index (χ1) is 10.1. The quantitative estimate of drug-likeness (QED) is 0.258. The van der Waals surface area contributed by atoms with Gasteiger partial charge in [0.25, 0.3) is 0 Å². The molecular formula is C16H34FO3P. The van der Waals surface area contributed by atoms with Crippen molar-refractivity contribution in [1.29, 1.82) is 0 Å². The average Bonchev–Trinajstić information content (AvgIpc) is 2.42. The van der Waals surface area contributed by atoms with E-state index in [1.54, 1.807) is 0 Å². The molecule has 0 aromatic carbocycles. The Labute approximate surface area is 130 Å². The lowest BCUT2D eigenvalue weighted by atomic mass is 10.0. The Hall–Kier alpha value is 0.0800. The van der Waals surface area contributed by atoms with Crippen molar-refractivity contribution in [2.75, 3.05) is 6.61 Å². The molecule has 5 heteroatoms. The molecule has 1 atom stereocenters. The van der Waals surface area contributed by atoms with Crippen LogP contribution in [-0.2, 0) is 9.09 Å². The Morgan fingerprint density at radius 1 is 0.762 bits per heavy atom. The Balaban J connectivity index is 3.01. The van der Waals surface area contributed by atoms with Gasteiger partial charge in [-0.3, -0.25) is 9.42 Å². The van der Waals surface area contributed by atoms with E-state index in [1.165, 1.54) is 70.6 Å². The van der Waals surface area contributed by atoms with Crippen molar-refractivity contribution >= 4 is 7.91 Å². The largest absolute Gasteiger partial charge is 0.510 e. The summed E-state index contributed by atoms with van der Waals surface area (Å²) in [6, 6.07) is 0. The van der Waals surface area contributed by atoms with Gasteiger partial charge < -0.3 is 0 Å². The van der Waals surface area contributed by atoms with Gasteiger partial charge in [0.1, 0.15) is 0 Å². The lowest BCUT2D eigenvalue weighted by Gasteiger charge is -2.04. The van der Waals surface area contributed by atoms with Crippen molar-refractivity contribution in [1.82, 2.24) is 0 Å². The number of unbranched alkanes of at least 4 members (excludes halogenated alkanes) is 13. The molecule has 0 radical (unpaired) electrons. The molecule has 0 bridgehead atoms. The summed E-state index contributed by atoms with van der Waals surface area (Å²) in [4.78, 5) is 8.29. The maximum Gasteiger partial charge on any atom is 0.510 e. The zero-order valence-corrected chi connectivity index (χ0v) is 14.6. The van der Waals surface area contributed by atoms with E-state index in [0.29, 0.717) is 6.42 Å². The molecule has 0 saturated heterocycles. The second-order valence-electron chi connectivity index (χ2n) is 5.88. The fourth-order valence-corrected chi connectivity index (χ4v) is 2.83. The lowest BCUT2D eigenvalue weighted by molar-refractivity contribution is 0.221. The average molecular weight is 324 g/mol. The van der Waals surface area contributed by atoms with Crippen LogP contribution in [0.25, 0.3) is 0 Å². The number of halogens is 1. The third-order valence-corrected chi connectivity index (χ3v) is 4.25. The van der Waals surface area contributed by atoms with Crippen molar-refractivity contribution in [3.8, 4) is 0 Å². The first kappa shape index (κ1) is 21.1. The van der Waals surface area contributed by atoms with E-state index >= 15 is 0 Å². The summed E-state index contributed by atoms with van der Waals surface area (Å²) in [5.41, 5.74) is 0. The second kappa shape index (κ2) is 15.0. The molecule has 0 aliphatic rings. The smallest absolute Gasteiger partial charge is 0.299 e. The Bertz CT molecular complexity index is 256. The van der Waals surface area contributed by atoms with Crippen LogP contribution in [0.5, 0.6) is 0 Å². The minimum absolute atomic E-state index is 0.0440. The Kier molecular flexibility index (Phi) is 15.1. The van der Waals surface area contributed by atoms with Gasteiger partial charge in [0.15, 0.2) is 0 Å². The van der Waals surface area contributed by atoms with Gasteiger partial charge in [0.2, 0.25) is 0 Å². The molecular weight excluding hydrogens is 290 g/mol. The van der Waals surface area contributed by atoms with Gasteiger partial charge in [0, 0.05) is 0 Å². The minimum atomic E-state index is -4.75. The number of hydrogen-bond acceptors (Lipinski definition) is 2. The molecule has 0 aliphatic carbocycles. The fraction of sp³-hybridized carbons (Fsp3) is 1.00. The molecule has 0 spiro atoms. The van der Waals surface area contributed by atoms with Gasteiger partial charge in [-0.15, -0.1) is 4.20 Å². The standard InChI is InChI=1S/C16H34FO3P/c1-2-3-4-5-6-7-8-9-10-11-12-13-14-15-16-20-21(17,18)19/h2-16H2,1H3,(H,18,19). The van der Waals surface area contributed by atoms with E-state index < -0.39 is 7.91 Å². The molecule has 1 unspecified atom stereocenters. The van der Waals surface area contributed by atoms with Gasteiger partial charge in [-0.2, -0.15) is 0 Å². The predicted octanol–water partition coefficient (Wildman–Crippen LogP) is 6.55. The first-order valence-corrected chi connectivity index (χ1v) is 10.2. The Morgan fingerprint density at radius 2 is 1.10 bits per heavy atom. The molecule has 0 aromatic heterocycles. The predicted molar refractivity (Wildman–Crippen MR) is 87.2 cm³/mol. The maximum atomic E-state index is 12.1. The highest BCUT2D eigenvalue weighted by Crippen LogP contribution is 2.43. The summed E-state index contributed by atoms with van der Waals surface area (Å²) >= 11 is 0. The normalized spacial score (nSPS) is 14.2. The van der Waals surface area contributed by atoms with Gasteiger partial charge >= 0.3 is 7.91 Å². The second-order valence-corrected chi connectivity index (χ2v) is 7.04. The van der Waals surface area contributed by atoms with Crippen LogP contribution in [0.1, 0.15) is 96.8 Å². The van der Waals surface area contributed by atoms with Gasteiger partial charge in [-0.05, 0) is 6.42 Å². The summed E-state index contributed by atoms with van der Waals surface area (Å²) in [6.07, 6.45) is 17.4. The highest BCUT2D eigenvalue weighted by atomic mass is 31.2. The van der Waals surface area contributed by atoms with Crippen LogP contribution in [0.15, 0.2) is 0 Å². The highest BCUT2D eigenvalue weighted by Gasteiger charge is 2.15. The van der Waals surface area contributed by atoms with Gasteiger partial charge in [-0.1, -0.05) is 90.4 Å². The van der Waals surface area contributed by atoms with Crippen LogP contribution in [-0.4, -0.2) is 11.5 Å². The number of hydrogen-bond donors (Lipinski definition) is 1. The molecule has 0 fully saturated rings. The molecule has 0 aliphatic heterocycles. The monoisotopic (exact) mass is 324 g/mol. The van der Waals surface area contributed by atoms with E-state index in [9.17, 15) is 8.76 Å². The van der Waals surface area contributed by atoms with E-state index in [4.69, 9.17) is 4.89 Å². The molecule has 128 valence electrons. The van der Waals surface area contributed by atoms with Crippen LogP contribution in [0, 0.1) is 0 Å². The minimum Gasteiger partial charge on any atom is -0.299 e. The molecule has 21 heavy (non-hydrogen) atoms. The van der Waals surface area contributed by atoms with E-state index in [2.05, 4.69) is 11.4 Å². The third kappa shape index (κ3) is 20.1. The van der Waals surface area contributed by atoms with Crippen molar-refractivity contribution < 1.29 is 18.2 Å². The van der Waals surface area contributed by atoms with Crippen LogP contribution >= 0.6 is 7.91 Å². The summed E-state index contributed by atoms with van der Waals surface area (Å²) in [7, 11) is -4.75. The summed E-state index contributed by atoms with van der Waals surface area (Å²) in [5.74, 6) is 0. The van der Waals surface area contributed by atoms with Crippen LogP contribution < -0.4 is 0 Å². The SMILES string of the molecule is CCCCCCCCCCCCCCCCOP(=O)(O)F. The molecule has 0 rings (SSSR count). The lowest BCUT2D eigenvalue weighted by Crippen LogP contribution is -1.90. The van der Waals surface area contributed by atoms with Crippen molar-refractivity contribution in [3.63, 3.8) is 0 Å². The maximum absolute atomic E-state index is 12.1. The number of rotatable bonds is 16. The molecule has 3 nitrogen and oxygen atoms in total. The topological polar surface area (TPSA) is 46.5 Å². The van der Waals surface area contributed by atoms with E-state index in [-0.39, 0.29) is 6.61 Å². The van der Waals surface area contributed by atoms with Crippen molar-refractivity contribution in [2.24, 2.45) is 0 Å². The highest BCUT2D eigenvalue weighted by molar-refractivity contribution is 7.46. The zero-order chi connectivity index (χ0) is 15.8. The van der Waals surface area contributed by atoms with Crippen LogP contribution in [0.4, 0.5) is 4.20 Å². The van der Waals surface area contributed by atoms with Crippen molar-refractivity contribution in [3.05, 3.63) is 0 Å². The summed E-state index contributed by atoms with van der Waals surface area (Å²) in [5, 5.41) is 0. The fourth-order valence-electron chi connectivity index (χ4n) is 2.47. The summed E-state index contributed by atoms with van der Waals surface area (Å²) in [6.45, 7) is 2.29. The van der Waals surface area contributed by atoms with Gasteiger partial charge in [0.05, 0.1) is 6.61 Å². The van der Waals surface area contributed by atoms with E-state index in [1.807, 2.05) is 0 Å². The van der Waals surface area contributed by atoms with Crippen molar-refractivity contribution in [2.45, 2.75) is 96.8 Å². The molecule has 0 amide bonds. The van der Waals surface area contributed by atoms with Crippen LogP contribution in [0.3, 0.4) is 0 Å². The van der Waals surface area contributed by atoms with E-state index in [0.717, 1.165) is 12.8 Å².